The predicted octanol–water partition coefficient (Wildman–Crippen LogP) is 12.0. The van der Waals surface area contributed by atoms with Gasteiger partial charge in [-0.3, -0.25) is 0 Å². The van der Waals surface area contributed by atoms with Gasteiger partial charge in [0.25, 0.3) is 0 Å². The van der Waals surface area contributed by atoms with E-state index in [1.54, 1.807) is 0 Å². The summed E-state index contributed by atoms with van der Waals surface area (Å²) in [6, 6.07) is 54.3. The highest BCUT2D eigenvalue weighted by Gasteiger charge is 2.24. The van der Waals surface area contributed by atoms with E-state index >= 15 is 0 Å². The van der Waals surface area contributed by atoms with Crippen molar-refractivity contribution in [1.82, 2.24) is 9.13 Å². The van der Waals surface area contributed by atoms with E-state index in [-0.39, 0.29) is 0 Å². The Morgan fingerprint density at radius 1 is 0.283 bits per heavy atom. The van der Waals surface area contributed by atoms with Gasteiger partial charge in [0.2, 0.25) is 0 Å². The van der Waals surface area contributed by atoms with E-state index in [4.69, 9.17) is 0 Å². The lowest BCUT2D eigenvalue weighted by molar-refractivity contribution is 1.17. The number of nitrogens with zero attached hydrogens (tertiary/aromatic N) is 2. The Bertz CT molecular complexity index is 3130. The number of para-hydroxylation sites is 3. The molecule has 0 amide bonds. The maximum Gasteiger partial charge on any atom is 0.0562 e. The highest BCUT2D eigenvalue weighted by atomic mass is 15.0. The second-order valence-electron chi connectivity index (χ2n) is 12.9. The molecule has 10 aromatic carbocycles. The Morgan fingerprint density at radius 2 is 0.783 bits per heavy atom. The van der Waals surface area contributed by atoms with E-state index in [9.17, 15) is 0 Å². The Balaban J connectivity index is 1.30. The third-order valence-electron chi connectivity index (χ3n) is 10.7. The van der Waals surface area contributed by atoms with Crippen LogP contribution in [0.1, 0.15) is 0 Å². The summed E-state index contributed by atoms with van der Waals surface area (Å²) in [4.78, 5) is 0. The smallest absolute Gasteiger partial charge is 0.0562 e. The first-order valence-electron chi connectivity index (χ1n) is 16.0. The molecular formula is C44H24N2. The van der Waals surface area contributed by atoms with Gasteiger partial charge in [0, 0.05) is 38.0 Å². The standard InChI is InChI=1S/C44H24N2/c1-2-8-29(9-3-1)45-35-12-6-4-10-30(35)33-23-34-31-11-5-7-13-36(31)46(39(34)24-38(33)45)37-22-28-19-18-26-15-14-25-16-17-27-20-21-32(37)44-42(27)40(25)41(26)43(28)44/h1-24H. The zero-order valence-corrected chi connectivity index (χ0v) is 24.8. The molecule has 2 heterocycles. The second kappa shape index (κ2) is 7.93. The SMILES string of the molecule is c1ccc(-n2c3ccccc3c3cc4c5ccccc5n(-c5cc6ccc7ccc8ccc9ccc5c5c9c8c7c65)c4cc32)cc1. The van der Waals surface area contributed by atoms with Crippen molar-refractivity contribution < 1.29 is 0 Å². The van der Waals surface area contributed by atoms with Crippen LogP contribution in [0, 0.1) is 0 Å². The highest BCUT2D eigenvalue weighted by Crippen LogP contribution is 2.50. The fraction of sp³-hybridized carbons (Fsp3) is 0. The molecule has 0 bridgehead atoms. The molecular weight excluding hydrogens is 556 g/mol. The van der Waals surface area contributed by atoms with Gasteiger partial charge in [0.1, 0.15) is 0 Å². The van der Waals surface area contributed by atoms with Gasteiger partial charge in [0.15, 0.2) is 0 Å². The number of hydrogen-bond donors (Lipinski definition) is 0. The molecule has 0 N–H and O–H groups in total. The zero-order valence-electron chi connectivity index (χ0n) is 24.8. The third-order valence-corrected chi connectivity index (χ3v) is 10.7. The quantitative estimate of drug-likeness (QED) is 0.180. The Kier molecular flexibility index (Phi) is 4.01. The van der Waals surface area contributed by atoms with E-state index in [2.05, 4.69) is 155 Å². The maximum absolute atomic E-state index is 2.53. The first-order valence-corrected chi connectivity index (χ1v) is 16.0. The first kappa shape index (κ1) is 23.3. The van der Waals surface area contributed by atoms with E-state index in [0.29, 0.717) is 0 Å². The molecule has 210 valence electrons. The average Bonchev–Trinajstić information content (AvgIpc) is 3.75. The van der Waals surface area contributed by atoms with Crippen molar-refractivity contribution in [1.29, 1.82) is 0 Å². The molecule has 0 atom stereocenters. The summed E-state index contributed by atoms with van der Waals surface area (Å²) in [5.41, 5.74) is 7.32. The van der Waals surface area contributed by atoms with Gasteiger partial charge in [-0.1, -0.05) is 103 Å². The predicted molar refractivity (Wildman–Crippen MR) is 196 cm³/mol. The molecule has 2 heteroatoms. The number of fused-ring (bicyclic) bond motifs is 6. The summed E-state index contributed by atoms with van der Waals surface area (Å²) in [7, 11) is 0. The number of benzene rings is 9. The Labute approximate surface area is 262 Å². The molecule has 0 radical (unpaired) electrons. The third kappa shape index (κ3) is 2.63. The maximum atomic E-state index is 2.53. The molecule has 0 unspecified atom stereocenters. The molecule has 0 saturated carbocycles. The molecule has 0 aliphatic rings. The van der Waals surface area contributed by atoms with Gasteiger partial charge in [-0.05, 0) is 85.6 Å². The van der Waals surface area contributed by atoms with Crippen LogP contribution in [-0.2, 0) is 0 Å². The van der Waals surface area contributed by atoms with Crippen molar-refractivity contribution in [3.63, 3.8) is 0 Å². The van der Waals surface area contributed by atoms with E-state index in [0.717, 1.165) is 0 Å². The van der Waals surface area contributed by atoms with Crippen molar-refractivity contribution >= 4 is 97.5 Å². The van der Waals surface area contributed by atoms with Crippen molar-refractivity contribution in [2.24, 2.45) is 0 Å². The molecule has 0 saturated heterocycles. The monoisotopic (exact) mass is 580 g/mol. The lowest BCUT2D eigenvalue weighted by Gasteiger charge is -2.15. The van der Waals surface area contributed by atoms with Crippen molar-refractivity contribution in [2.75, 3.05) is 0 Å². The van der Waals surface area contributed by atoms with Crippen LogP contribution >= 0.6 is 0 Å². The van der Waals surface area contributed by atoms with Gasteiger partial charge >= 0.3 is 0 Å². The molecule has 0 fully saturated rings. The van der Waals surface area contributed by atoms with Crippen LogP contribution < -0.4 is 0 Å². The lowest BCUT2D eigenvalue weighted by atomic mass is 9.98. The summed E-state index contributed by atoms with van der Waals surface area (Å²) in [6.45, 7) is 0. The molecule has 0 spiro atoms. The number of hydrogen-bond acceptors (Lipinski definition) is 0. The number of aromatic nitrogens is 2. The molecule has 0 aliphatic carbocycles. The highest BCUT2D eigenvalue weighted by molar-refractivity contribution is 6.45. The van der Waals surface area contributed by atoms with Gasteiger partial charge in [-0.25, -0.2) is 0 Å². The fourth-order valence-electron chi connectivity index (χ4n) is 8.88. The van der Waals surface area contributed by atoms with Gasteiger partial charge in [-0.15, -0.1) is 0 Å². The van der Waals surface area contributed by atoms with Gasteiger partial charge in [-0.2, -0.15) is 0 Å². The summed E-state index contributed by atoms with van der Waals surface area (Å²) in [5.74, 6) is 0. The zero-order chi connectivity index (χ0) is 29.7. The average molecular weight is 581 g/mol. The summed E-state index contributed by atoms with van der Waals surface area (Å²) in [6.07, 6.45) is 0. The largest absolute Gasteiger partial charge is 0.309 e. The topological polar surface area (TPSA) is 9.86 Å². The van der Waals surface area contributed by atoms with Crippen LogP contribution in [0.2, 0.25) is 0 Å². The van der Waals surface area contributed by atoms with E-state index in [1.807, 2.05) is 0 Å². The van der Waals surface area contributed by atoms with Crippen molar-refractivity contribution in [3.8, 4) is 11.4 Å². The first-order chi connectivity index (χ1) is 22.8. The van der Waals surface area contributed by atoms with E-state index in [1.165, 1.54) is 109 Å². The van der Waals surface area contributed by atoms with E-state index < -0.39 is 0 Å². The second-order valence-corrected chi connectivity index (χ2v) is 12.9. The summed E-state index contributed by atoms with van der Waals surface area (Å²) >= 11 is 0. The summed E-state index contributed by atoms with van der Waals surface area (Å²) < 4.78 is 4.96. The molecule has 2 nitrogen and oxygen atoms in total. The molecule has 12 rings (SSSR count). The lowest BCUT2D eigenvalue weighted by Crippen LogP contribution is -1.97. The minimum absolute atomic E-state index is 1.18. The van der Waals surface area contributed by atoms with Crippen LogP contribution in [0.4, 0.5) is 0 Å². The minimum atomic E-state index is 1.18. The van der Waals surface area contributed by atoms with Gasteiger partial charge < -0.3 is 9.13 Å². The summed E-state index contributed by atoms with van der Waals surface area (Å²) in [5, 5.41) is 18.7. The van der Waals surface area contributed by atoms with Gasteiger partial charge in [0.05, 0.1) is 27.8 Å². The van der Waals surface area contributed by atoms with Crippen molar-refractivity contribution in [3.05, 3.63) is 146 Å². The van der Waals surface area contributed by atoms with Crippen LogP contribution in [-0.4, -0.2) is 9.13 Å². The van der Waals surface area contributed by atoms with Crippen LogP contribution in [0.3, 0.4) is 0 Å². The normalized spacial score (nSPS) is 12.8. The Hall–Kier alpha value is -6.12. The molecule has 2 aromatic heterocycles. The number of rotatable bonds is 2. The van der Waals surface area contributed by atoms with Crippen molar-refractivity contribution in [2.45, 2.75) is 0 Å². The molecule has 46 heavy (non-hydrogen) atoms. The minimum Gasteiger partial charge on any atom is -0.309 e. The fourth-order valence-corrected chi connectivity index (χ4v) is 8.88. The molecule has 0 aliphatic heterocycles. The van der Waals surface area contributed by atoms with Crippen LogP contribution in [0.25, 0.3) is 109 Å². The van der Waals surface area contributed by atoms with Crippen LogP contribution in [0.5, 0.6) is 0 Å². The Morgan fingerprint density at radius 3 is 1.46 bits per heavy atom. The molecule has 12 aromatic rings. The van der Waals surface area contributed by atoms with Crippen LogP contribution in [0.15, 0.2) is 146 Å².